The van der Waals surface area contributed by atoms with Crippen LogP contribution >= 0.6 is 0 Å². The van der Waals surface area contributed by atoms with Crippen LogP contribution in [-0.4, -0.2) is 66.4 Å². The number of amides is 2. The van der Waals surface area contributed by atoms with Crippen LogP contribution in [0, 0.1) is 0 Å². The number of ether oxygens (including phenoxy) is 1. The number of carbonyl (C=O) groups excluding carboxylic acids is 1. The van der Waals surface area contributed by atoms with Crippen molar-refractivity contribution in [1.29, 1.82) is 0 Å². The number of likely N-dealkylation sites (tertiary alicyclic amines) is 1. The second-order valence-corrected chi connectivity index (χ2v) is 5.72. The largest absolute Gasteiger partial charge is 0.378 e. The van der Waals surface area contributed by atoms with E-state index in [0.29, 0.717) is 12.6 Å². The van der Waals surface area contributed by atoms with Crippen LogP contribution in [0.3, 0.4) is 0 Å². The highest BCUT2D eigenvalue weighted by Crippen LogP contribution is 2.16. The number of nitrogens with one attached hydrogen (secondary N) is 1. The molecule has 0 bridgehead atoms. The molecule has 21 heavy (non-hydrogen) atoms. The molecule has 1 aromatic rings. The zero-order valence-corrected chi connectivity index (χ0v) is 13.1. The number of nitrogens with zero attached hydrogens (tertiary/aromatic N) is 3. The summed E-state index contributed by atoms with van der Waals surface area (Å²) in [5, 5.41) is 6.85. The normalized spacial score (nSPS) is 22.7. The fraction of sp³-hybridized carbons (Fsp3) is 0.714. The van der Waals surface area contributed by atoms with Gasteiger partial charge in [-0.3, -0.25) is 4.90 Å². The molecule has 1 aliphatic heterocycles. The van der Waals surface area contributed by atoms with Crippen molar-refractivity contribution in [2.24, 2.45) is 0 Å². The summed E-state index contributed by atoms with van der Waals surface area (Å²) in [6.07, 6.45) is 1.52. The number of methoxy groups -OCH3 is 1. The lowest BCUT2D eigenvalue weighted by molar-refractivity contribution is 0.0873. The van der Waals surface area contributed by atoms with Gasteiger partial charge >= 0.3 is 6.03 Å². The molecule has 1 aromatic heterocycles. The molecule has 7 heteroatoms. The summed E-state index contributed by atoms with van der Waals surface area (Å²) in [4.78, 5) is 16.1. The monoisotopic (exact) mass is 296 g/mol. The van der Waals surface area contributed by atoms with Crippen molar-refractivity contribution in [1.82, 2.24) is 20.3 Å². The van der Waals surface area contributed by atoms with Crippen LogP contribution in [0.5, 0.6) is 0 Å². The van der Waals surface area contributed by atoms with Crippen molar-refractivity contribution in [3.05, 3.63) is 18.0 Å². The summed E-state index contributed by atoms with van der Waals surface area (Å²) < 4.78 is 10.3. The Labute approximate surface area is 125 Å². The first-order valence-electron chi connectivity index (χ1n) is 7.19. The van der Waals surface area contributed by atoms with Crippen molar-refractivity contribution < 1.29 is 14.1 Å². The molecule has 2 amide bonds. The molecule has 1 saturated heterocycles. The van der Waals surface area contributed by atoms with Crippen LogP contribution in [0.1, 0.15) is 19.5 Å². The molecule has 0 saturated carbocycles. The average molecular weight is 296 g/mol. The van der Waals surface area contributed by atoms with Gasteiger partial charge in [0.2, 0.25) is 0 Å². The van der Waals surface area contributed by atoms with E-state index < -0.39 is 0 Å². The maximum atomic E-state index is 12.2. The van der Waals surface area contributed by atoms with Gasteiger partial charge in [0.1, 0.15) is 12.0 Å². The van der Waals surface area contributed by atoms with Crippen molar-refractivity contribution in [3.63, 3.8) is 0 Å². The molecule has 2 atom stereocenters. The number of hydrogen-bond donors (Lipinski definition) is 1. The minimum atomic E-state index is -0.129. The molecule has 7 nitrogen and oxygen atoms in total. The molecule has 118 valence electrons. The molecule has 0 radical (unpaired) electrons. The van der Waals surface area contributed by atoms with Crippen LogP contribution in [-0.2, 0) is 11.3 Å². The average Bonchev–Trinajstić information content (AvgIpc) is 3.07. The van der Waals surface area contributed by atoms with E-state index in [1.165, 1.54) is 6.26 Å². The summed E-state index contributed by atoms with van der Waals surface area (Å²) in [7, 11) is 3.42. The molecule has 0 aliphatic carbocycles. The summed E-state index contributed by atoms with van der Waals surface area (Å²) in [5.41, 5.74) is 0.728. The Hall–Kier alpha value is -1.60. The number of rotatable bonds is 5. The summed E-state index contributed by atoms with van der Waals surface area (Å²) >= 11 is 0. The van der Waals surface area contributed by atoms with Crippen LogP contribution < -0.4 is 5.32 Å². The Bertz CT molecular complexity index is 449. The third-order valence-corrected chi connectivity index (χ3v) is 3.87. The first kappa shape index (κ1) is 15.8. The second kappa shape index (κ2) is 6.91. The lowest BCUT2D eigenvalue weighted by Gasteiger charge is -2.23. The molecular weight excluding hydrogens is 272 g/mol. The van der Waals surface area contributed by atoms with Crippen LogP contribution in [0.4, 0.5) is 4.79 Å². The Morgan fingerprint density at radius 2 is 2.38 bits per heavy atom. The molecule has 0 aromatic carbocycles. The van der Waals surface area contributed by atoms with E-state index in [2.05, 4.69) is 29.2 Å². The van der Waals surface area contributed by atoms with E-state index >= 15 is 0 Å². The van der Waals surface area contributed by atoms with Crippen LogP contribution in [0.25, 0.3) is 0 Å². The molecular formula is C14H24N4O3. The predicted molar refractivity (Wildman–Crippen MR) is 77.8 cm³/mol. The van der Waals surface area contributed by atoms with Gasteiger partial charge in [0, 0.05) is 39.4 Å². The maximum Gasteiger partial charge on any atom is 0.317 e. The van der Waals surface area contributed by atoms with E-state index in [9.17, 15) is 4.79 Å². The third kappa shape index (κ3) is 3.95. The topological polar surface area (TPSA) is 70.8 Å². The Morgan fingerprint density at radius 1 is 1.62 bits per heavy atom. The molecule has 1 fully saturated rings. The van der Waals surface area contributed by atoms with Gasteiger partial charge in [-0.15, -0.1) is 0 Å². The first-order valence-corrected chi connectivity index (χ1v) is 7.19. The first-order chi connectivity index (χ1) is 10.0. The summed E-state index contributed by atoms with van der Waals surface area (Å²) in [6.45, 7) is 6.35. The lowest BCUT2D eigenvalue weighted by atomic mass is 10.2. The van der Waals surface area contributed by atoms with Crippen molar-refractivity contribution >= 4 is 6.03 Å². The van der Waals surface area contributed by atoms with Crippen molar-refractivity contribution in [2.45, 2.75) is 38.6 Å². The van der Waals surface area contributed by atoms with E-state index in [4.69, 9.17) is 9.26 Å². The molecule has 0 unspecified atom stereocenters. The number of hydrogen-bond acceptors (Lipinski definition) is 5. The minimum absolute atomic E-state index is 0.00431. The highest BCUT2D eigenvalue weighted by molar-refractivity contribution is 5.74. The van der Waals surface area contributed by atoms with Gasteiger partial charge in [0.05, 0.1) is 18.7 Å². The smallest absolute Gasteiger partial charge is 0.317 e. The number of carbonyl (C=O) groups is 1. The van der Waals surface area contributed by atoms with Gasteiger partial charge in [-0.05, 0) is 13.8 Å². The van der Waals surface area contributed by atoms with Crippen LogP contribution in [0.2, 0.25) is 0 Å². The zero-order valence-electron chi connectivity index (χ0n) is 13.1. The molecule has 0 spiro atoms. The Balaban J connectivity index is 1.89. The zero-order chi connectivity index (χ0) is 15.4. The predicted octanol–water partition coefficient (Wildman–Crippen LogP) is 0.924. The van der Waals surface area contributed by atoms with Gasteiger partial charge in [0.25, 0.3) is 0 Å². The molecule has 2 rings (SSSR count). The van der Waals surface area contributed by atoms with Gasteiger partial charge in [-0.2, -0.15) is 0 Å². The van der Waals surface area contributed by atoms with Gasteiger partial charge in [-0.1, -0.05) is 5.16 Å². The van der Waals surface area contributed by atoms with E-state index in [-0.39, 0.29) is 18.2 Å². The van der Waals surface area contributed by atoms with Gasteiger partial charge in [0.15, 0.2) is 0 Å². The molecule has 2 heterocycles. The Kier molecular flexibility index (Phi) is 5.19. The number of urea groups is 1. The second-order valence-electron chi connectivity index (χ2n) is 5.72. The lowest BCUT2D eigenvalue weighted by Crippen LogP contribution is -2.48. The standard InChI is InChI=1S/C14H24N4O3/c1-10(2)18-8-12(13(9-18)20-4)15-14(19)17(3)7-11-5-6-21-16-11/h5-6,10,12-13H,7-9H2,1-4H3,(H,15,19)/t12-,13-/m0/s1. The third-order valence-electron chi connectivity index (χ3n) is 3.87. The van der Waals surface area contributed by atoms with Crippen molar-refractivity contribution in [2.75, 3.05) is 27.2 Å². The quantitative estimate of drug-likeness (QED) is 0.875. The fourth-order valence-corrected chi connectivity index (χ4v) is 2.50. The molecule has 1 N–H and O–H groups in total. The summed E-state index contributed by atoms with van der Waals surface area (Å²) in [5.74, 6) is 0. The summed E-state index contributed by atoms with van der Waals surface area (Å²) in [6, 6.07) is 2.07. The minimum Gasteiger partial charge on any atom is -0.378 e. The fourth-order valence-electron chi connectivity index (χ4n) is 2.50. The highest BCUT2D eigenvalue weighted by Gasteiger charge is 2.35. The highest BCUT2D eigenvalue weighted by atomic mass is 16.5. The molecule has 1 aliphatic rings. The number of aromatic nitrogens is 1. The van der Waals surface area contributed by atoms with E-state index in [0.717, 1.165) is 18.8 Å². The maximum absolute atomic E-state index is 12.2. The van der Waals surface area contributed by atoms with E-state index in [1.54, 1.807) is 25.1 Å². The van der Waals surface area contributed by atoms with Crippen molar-refractivity contribution in [3.8, 4) is 0 Å². The Morgan fingerprint density at radius 3 is 2.95 bits per heavy atom. The SMILES string of the molecule is CO[C@H]1CN(C(C)C)C[C@@H]1NC(=O)N(C)Cc1ccon1. The van der Waals surface area contributed by atoms with Gasteiger partial charge < -0.3 is 19.5 Å². The van der Waals surface area contributed by atoms with Gasteiger partial charge in [-0.25, -0.2) is 4.79 Å². The van der Waals surface area contributed by atoms with Crippen LogP contribution in [0.15, 0.2) is 16.9 Å². The van der Waals surface area contributed by atoms with E-state index in [1.807, 2.05) is 0 Å².